The predicted molar refractivity (Wildman–Crippen MR) is 114 cm³/mol. The topological polar surface area (TPSA) is 80.0 Å². The minimum atomic E-state index is -3.44. The van der Waals surface area contributed by atoms with Crippen LogP contribution in [0.15, 0.2) is 48.7 Å². The molecule has 2 aromatic carbocycles. The monoisotopic (exact) mass is 450 g/mol. The first-order valence-electron chi connectivity index (χ1n) is 8.53. The molecule has 1 heterocycles. The number of aromatic nitrogens is 2. The molecule has 0 saturated heterocycles. The molecule has 0 atom stereocenters. The highest BCUT2D eigenvalue weighted by molar-refractivity contribution is 7.92. The number of carbonyl (C=O) groups is 1. The van der Waals surface area contributed by atoms with Gasteiger partial charge >= 0.3 is 0 Å². The Kier molecular flexibility index (Phi) is 5.93. The second-order valence-electron chi connectivity index (χ2n) is 6.66. The predicted octanol–water partition coefficient (Wildman–Crippen LogP) is 3.88. The van der Waals surface area contributed by atoms with E-state index in [1.54, 1.807) is 30.3 Å². The van der Waals surface area contributed by atoms with E-state index in [1.807, 2.05) is 26.0 Å². The van der Waals surface area contributed by atoms with Gasteiger partial charge in [0.25, 0.3) is 0 Å². The van der Waals surface area contributed by atoms with Crippen molar-refractivity contribution in [1.82, 2.24) is 5.10 Å². The first-order valence-corrected chi connectivity index (χ1v) is 11.2. The summed E-state index contributed by atoms with van der Waals surface area (Å²) in [6.07, 6.45) is 2.54. The molecule has 0 aliphatic rings. The van der Waals surface area contributed by atoms with E-state index in [2.05, 4.69) is 9.82 Å². The van der Waals surface area contributed by atoms with Crippen molar-refractivity contribution < 1.29 is 17.9 Å². The van der Waals surface area contributed by atoms with Gasteiger partial charge in [0.05, 0.1) is 11.9 Å². The van der Waals surface area contributed by atoms with Gasteiger partial charge in [0.2, 0.25) is 32.8 Å². The molecule has 0 aliphatic carbocycles. The quantitative estimate of drug-likeness (QED) is 0.472. The van der Waals surface area contributed by atoms with Gasteiger partial charge < -0.3 is 0 Å². The van der Waals surface area contributed by atoms with Gasteiger partial charge in [0.15, 0.2) is 0 Å². The summed E-state index contributed by atoms with van der Waals surface area (Å²) in [6, 6.07) is 12.1. The van der Waals surface area contributed by atoms with Gasteiger partial charge in [-0.3, -0.25) is 9.52 Å². The lowest BCUT2D eigenvalue weighted by atomic mass is 9.99. The molecule has 9 heteroatoms. The SMILES string of the molecule is Cc1ccc(C(=O)c2c[n+](-c3cccc(NS(C)(=O)=O)c3)nc(Cl)c2Cl)c(C)c1. The van der Waals surface area contributed by atoms with Crippen LogP contribution in [0.2, 0.25) is 10.2 Å². The molecule has 150 valence electrons. The number of anilines is 1. The highest BCUT2D eigenvalue weighted by atomic mass is 35.5. The van der Waals surface area contributed by atoms with E-state index in [0.717, 1.165) is 17.4 Å². The van der Waals surface area contributed by atoms with Crippen molar-refractivity contribution in [1.29, 1.82) is 0 Å². The zero-order valence-corrected chi connectivity index (χ0v) is 18.2. The second-order valence-corrected chi connectivity index (χ2v) is 9.15. The molecule has 0 radical (unpaired) electrons. The van der Waals surface area contributed by atoms with Crippen LogP contribution in [0.25, 0.3) is 5.69 Å². The summed E-state index contributed by atoms with van der Waals surface area (Å²) in [7, 11) is -3.44. The summed E-state index contributed by atoms with van der Waals surface area (Å²) >= 11 is 12.5. The Morgan fingerprint density at radius 3 is 2.45 bits per heavy atom. The van der Waals surface area contributed by atoms with Gasteiger partial charge in [0, 0.05) is 22.8 Å². The molecule has 0 bridgehead atoms. The van der Waals surface area contributed by atoms with Crippen LogP contribution in [0.4, 0.5) is 5.69 Å². The number of sulfonamides is 1. The zero-order chi connectivity index (χ0) is 21.3. The molecule has 6 nitrogen and oxygen atoms in total. The highest BCUT2D eigenvalue weighted by Gasteiger charge is 2.24. The minimum Gasteiger partial charge on any atom is -0.288 e. The van der Waals surface area contributed by atoms with Crippen LogP contribution in [0.1, 0.15) is 27.0 Å². The van der Waals surface area contributed by atoms with Crippen LogP contribution in [0, 0.1) is 13.8 Å². The van der Waals surface area contributed by atoms with E-state index in [-0.39, 0.29) is 21.5 Å². The first kappa shape index (κ1) is 21.2. The summed E-state index contributed by atoms with van der Waals surface area (Å²) in [5, 5.41) is 4.19. The molecule has 0 fully saturated rings. The highest BCUT2D eigenvalue weighted by Crippen LogP contribution is 2.26. The Labute approximate surface area is 179 Å². The molecule has 3 rings (SSSR count). The Balaban J connectivity index is 2.09. The third-order valence-electron chi connectivity index (χ3n) is 4.15. The fourth-order valence-corrected chi connectivity index (χ4v) is 3.80. The molecule has 3 aromatic rings. The molecule has 0 spiro atoms. The maximum absolute atomic E-state index is 13.1. The second kappa shape index (κ2) is 8.10. The van der Waals surface area contributed by atoms with Crippen LogP contribution in [-0.4, -0.2) is 25.6 Å². The zero-order valence-electron chi connectivity index (χ0n) is 15.9. The van der Waals surface area contributed by atoms with E-state index >= 15 is 0 Å². The Morgan fingerprint density at radius 2 is 1.79 bits per heavy atom. The standard InChI is InChI=1S/C20H18Cl2N3O3S/c1-12-7-8-16(13(2)9-12)19(26)17-11-25(23-20(22)18(17)21)15-6-4-5-14(10-15)24-29(3,27)28/h4-11,24H,1-3H3/q+1. The number of hydrogen-bond acceptors (Lipinski definition) is 4. The number of carbonyl (C=O) groups excluding carboxylic acids is 1. The van der Waals surface area contributed by atoms with Gasteiger partial charge in [-0.05, 0) is 25.5 Å². The van der Waals surface area contributed by atoms with Crippen molar-refractivity contribution in [3.63, 3.8) is 0 Å². The van der Waals surface area contributed by atoms with Gasteiger partial charge in [-0.15, -0.1) is 0 Å². The number of hydrogen-bond donors (Lipinski definition) is 1. The van der Waals surface area contributed by atoms with Crippen LogP contribution in [0.5, 0.6) is 0 Å². The summed E-state index contributed by atoms with van der Waals surface area (Å²) < 4.78 is 26.8. The van der Waals surface area contributed by atoms with Gasteiger partial charge in [-0.2, -0.15) is 0 Å². The molecule has 1 aromatic heterocycles. The molecule has 0 aliphatic heterocycles. The average Bonchev–Trinajstić information content (AvgIpc) is 2.62. The number of rotatable bonds is 5. The van der Waals surface area contributed by atoms with E-state index in [1.165, 1.54) is 10.9 Å². The Bertz CT molecular complexity index is 1230. The van der Waals surface area contributed by atoms with E-state index < -0.39 is 10.0 Å². The summed E-state index contributed by atoms with van der Waals surface area (Å²) in [5.74, 6) is -0.282. The van der Waals surface area contributed by atoms with Crippen LogP contribution in [-0.2, 0) is 10.0 Å². The number of halogens is 2. The van der Waals surface area contributed by atoms with Crippen LogP contribution >= 0.6 is 23.2 Å². The number of aryl methyl sites for hydroxylation is 2. The number of nitrogens with one attached hydrogen (secondary N) is 1. The summed E-state index contributed by atoms with van der Waals surface area (Å²) in [5.41, 5.74) is 3.44. The third-order valence-corrected chi connectivity index (χ3v) is 5.50. The van der Waals surface area contributed by atoms with Gasteiger partial charge in [0.1, 0.15) is 10.6 Å². The van der Waals surface area contributed by atoms with Crippen molar-refractivity contribution in [2.45, 2.75) is 13.8 Å². The lowest BCUT2D eigenvalue weighted by molar-refractivity contribution is -0.659. The van der Waals surface area contributed by atoms with Crippen molar-refractivity contribution in [3.8, 4) is 5.69 Å². The lowest BCUT2D eigenvalue weighted by Crippen LogP contribution is -2.36. The Hall–Kier alpha value is -2.48. The normalized spacial score (nSPS) is 11.3. The van der Waals surface area contributed by atoms with Gasteiger partial charge in [-0.25, -0.2) is 8.42 Å². The van der Waals surface area contributed by atoms with E-state index in [0.29, 0.717) is 16.9 Å². The number of nitrogens with zero attached hydrogens (tertiary/aromatic N) is 2. The largest absolute Gasteiger partial charge is 0.288 e. The molecule has 0 saturated carbocycles. The smallest absolute Gasteiger partial charge is 0.240 e. The fraction of sp³-hybridized carbons (Fsp3) is 0.150. The summed E-state index contributed by atoms with van der Waals surface area (Å²) in [6.45, 7) is 3.80. The minimum absolute atomic E-state index is 0.0382. The molecule has 0 amide bonds. The molecular formula is C20H18Cl2N3O3S+. The van der Waals surface area contributed by atoms with Gasteiger partial charge in [-0.1, -0.05) is 57.7 Å². The Morgan fingerprint density at radius 1 is 1.07 bits per heavy atom. The number of ketones is 1. The molecule has 1 N–H and O–H groups in total. The third kappa shape index (κ3) is 4.93. The molecule has 29 heavy (non-hydrogen) atoms. The van der Waals surface area contributed by atoms with Crippen molar-refractivity contribution in [2.75, 3.05) is 11.0 Å². The molecular weight excluding hydrogens is 433 g/mol. The van der Waals surface area contributed by atoms with E-state index in [9.17, 15) is 13.2 Å². The fourth-order valence-electron chi connectivity index (χ4n) is 2.89. The lowest BCUT2D eigenvalue weighted by Gasteiger charge is -2.08. The number of benzene rings is 2. The van der Waals surface area contributed by atoms with Crippen LogP contribution in [0.3, 0.4) is 0 Å². The van der Waals surface area contributed by atoms with Crippen molar-refractivity contribution >= 4 is 44.7 Å². The maximum atomic E-state index is 13.1. The average molecular weight is 451 g/mol. The van der Waals surface area contributed by atoms with Crippen molar-refractivity contribution in [3.05, 3.63) is 81.1 Å². The maximum Gasteiger partial charge on any atom is 0.240 e. The molecule has 0 unspecified atom stereocenters. The van der Waals surface area contributed by atoms with Crippen LogP contribution < -0.4 is 9.40 Å². The first-order chi connectivity index (χ1) is 13.5. The summed E-state index contributed by atoms with van der Waals surface area (Å²) in [4.78, 5) is 13.1. The van der Waals surface area contributed by atoms with E-state index in [4.69, 9.17) is 23.2 Å². The van der Waals surface area contributed by atoms with Crippen molar-refractivity contribution in [2.24, 2.45) is 0 Å².